The minimum atomic E-state index is -4.61. The summed E-state index contributed by atoms with van der Waals surface area (Å²) in [5.41, 5.74) is -1.03. The van der Waals surface area contributed by atoms with Gasteiger partial charge in [0.2, 0.25) is 0 Å². The maximum Gasteiger partial charge on any atom is 0.416 e. The topological polar surface area (TPSA) is 48.9 Å². The summed E-state index contributed by atoms with van der Waals surface area (Å²) in [7, 11) is 1.58. The first-order chi connectivity index (χ1) is 13.8. The molecule has 0 amide bonds. The molecule has 0 bridgehead atoms. The van der Waals surface area contributed by atoms with Gasteiger partial charge in [-0.05, 0) is 56.5 Å². The lowest BCUT2D eigenvalue weighted by Crippen LogP contribution is -2.58. The van der Waals surface area contributed by atoms with Crippen LogP contribution in [0.15, 0.2) is 23.2 Å². The molecule has 2 heterocycles. The van der Waals surface area contributed by atoms with Crippen molar-refractivity contribution in [1.82, 2.24) is 15.5 Å². The summed E-state index contributed by atoms with van der Waals surface area (Å²) in [4.78, 5) is 6.64. The first-order valence-electron chi connectivity index (χ1n) is 9.97. The van der Waals surface area contributed by atoms with Gasteiger partial charge in [0.15, 0.2) is 5.96 Å². The zero-order valence-electron chi connectivity index (χ0n) is 16.6. The lowest BCUT2D eigenvalue weighted by molar-refractivity contribution is -0.138. The van der Waals surface area contributed by atoms with E-state index in [2.05, 4.69) is 20.5 Å². The van der Waals surface area contributed by atoms with Gasteiger partial charge in [0.25, 0.3) is 0 Å². The number of rotatable bonds is 5. The Morgan fingerprint density at radius 3 is 2.48 bits per heavy atom. The van der Waals surface area contributed by atoms with Crippen molar-refractivity contribution in [3.8, 4) is 0 Å². The van der Waals surface area contributed by atoms with E-state index in [0.29, 0.717) is 31.8 Å². The van der Waals surface area contributed by atoms with Crippen LogP contribution in [0.25, 0.3) is 0 Å². The Bertz CT molecular complexity index is 711. The molecule has 0 atom stereocenters. The third kappa shape index (κ3) is 5.39. The van der Waals surface area contributed by atoms with E-state index in [-0.39, 0.29) is 17.6 Å². The van der Waals surface area contributed by atoms with E-state index in [9.17, 15) is 17.6 Å². The van der Waals surface area contributed by atoms with Crippen LogP contribution in [0.1, 0.15) is 36.8 Å². The molecule has 2 N–H and O–H groups in total. The van der Waals surface area contributed by atoms with Crippen molar-refractivity contribution in [3.05, 3.63) is 35.1 Å². The number of alkyl halides is 3. The van der Waals surface area contributed by atoms with Gasteiger partial charge in [-0.3, -0.25) is 9.89 Å². The van der Waals surface area contributed by atoms with Gasteiger partial charge in [0.05, 0.1) is 5.56 Å². The molecule has 0 aromatic heterocycles. The Hall–Kier alpha value is -1.87. The smallest absolute Gasteiger partial charge is 0.381 e. The molecule has 0 radical (unpaired) electrons. The summed E-state index contributed by atoms with van der Waals surface area (Å²) >= 11 is 0. The molecular weight excluding hydrogens is 388 g/mol. The number of aliphatic imine (C=N–C) groups is 1. The number of benzene rings is 1. The molecule has 0 aliphatic carbocycles. The number of ether oxygens (including phenoxy) is 1. The summed E-state index contributed by atoms with van der Waals surface area (Å²) in [5, 5.41) is 6.21. The second-order valence-corrected chi connectivity index (χ2v) is 7.61. The van der Waals surface area contributed by atoms with E-state index in [1.54, 1.807) is 7.05 Å². The van der Waals surface area contributed by atoms with Crippen LogP contribution in [-0.4, -0.2) is 56.3 Å². The largest absolute Gasteiger partial charge is 0.416 e. The third-order valence-corrected chi connectivity index (χ3v) is 5.83. The number of hydrogen-bond donors (Lipinski definition) is 2. The van der Waals surface area contributed by atoms with Gasteiger partial charge in [-0.2, -0.15) is 13.2 Å². The highest BCUT2D eigenvalue weighted by molar-refractivity contribution is 5.79. The van der Waals surface area contributed by atoms with Crippen molar-refractivity contribution >= 4 is 5.96 Å². The number of nitrogens with zero attached hydrogens (tertiary/aromatic N) is 2. The van der Waals surface area contributed by atoms with E-state index < -0.39 is 17.6 Å². The number of guanidine groups is 1. The molecule has 2 saturated heterocycles. The molecule has 2 fully saturated rings. The van der Waals surface area contributed by atoms with Crippen LogP contribution in [0, 0.1) is 5.82 Å². The maximum absolute atomic E-state index is 13.3. The average molecular weight is 416 g/mol. The van der Waals surface area contributed by atoms with E-state index in [4.69, 9.17) is 4.74 Å². The number of likely N-dealkylation sites (tertiary alicyclic amines) is 1. The van der Waals surface area contributed by atoms with Crippen molar-refractivity contribution in [2.24, 2.45) is 4.99 Å². The maximum atomic E-state index is 13.3. The van der Waals surface area contributed by atoms with E-state index in [0.717, 1.165) is 38.1 Å². The first-order valence-corrected chi connectivity index (χ1v) is 9.97. The van der Waals surface area contributed by atoms with Crippen LogP contribution in [0.3, 0.4) is 0 Å². The summed E-state index contributed by atoms with van der Waals surface area (Å²) < 4.78 is 58.4. The quantitative estimate of drug-likeness (QED) is 0.440. The van der Waals surface area contributed by atoms with Crippen molar-refractivity contribution in [1.29, 1.82) is 0 Å². The monoisotopic (exact) mass is 416 g/mol. The van der Waals surface area contributed by atoms with E-state index in [1.807, 2.05) is 0 Å². The molecule has 2 aliphatic heterocycles. The molecule has 3 rings (SSSR count). The average Bonchev–Trinajstić information content (AvgIpc) is 3.24. The van der Waals surface area contributed by atoms with Crippen LogP contribution < -0.4 is 10.6 Å². The Balaban J connectivity index is 1.64. The Kier molecular flexibility index (Phi) is 7.00. The Labute approximate surface area is 168 Å². The number of nitrogens with one attached hydrogen (secondary N) is 2. The van der Waals surface area contributed by atoms with Crippen LogP contribution >= 0.6 is 0 Å². The zero-order valence-corrected chi connectivity index (χ0v) is 16.6. The predicted octanol–water partition coefficient (Wildman–Crippen LogP) is 3.15. The number of hydrogen-bond acceptors (Lipinski definition) is 3. The summed E-state index contributed by atoms with van der Waals surface area (Å²) in [6, 6.07) is 2.72. The van der Waals surface area contributed by atoms with Crippen molar-refractivity contribution in [3.63, 3.8) is 0 Å². The summed E-state index contributed by atoms with van der Waals surface area (Å²) in [6.07, 6.45) is -0.431. The van der Waals surface area contributed by atoms with Crippen LogP contribution in [0.2, 0.25) is 0 Å². The van der Waals surface area contributed by atoms with Crippen LogP contribution in [-0.2, 0) is 17.5 Å². The normalized spacial score (nSPS) is 20.7. The SMILES string of the molecule is CN=C(NCc1ccc(F)cc1C(F)(F)F)NCC1(N2CCCC2)CCOCC1. The highest BCUT2D eigenvalue weighted by Gasteiger charge is 2.39. The van der Waals surface area contributed by atoms with Gasteiger partial charge in [0.1, 0.15) is 5.82 Å². The van der Waals surface area contributed by atoms with Crippen molar-refractivity contribution < 1.29 is 22.3 Å². The minimum Gasteiger partial charge on any atom is -0.381 e. The van der Waals surface area contributed by atoms with Gasteiger partial charge >= 0.3 is 6.18 Å². The standard InChI is InChI=1S/C20H28F4N4O/c1-25-18(26-13-15-4-5-16(21)12-17(15)20(22,23)24)27-14-19(6-10-29-11-7-19)28-8-2-3-9-28/h4-5,12H,2-3,6-11,13-14H2,1H3,(H2,25,26,27). The molecule has 2 aliphatic rings. The minimum absolute atomic E-state index is 0.0258. The fourth-order valence-corrected chi connectivity index (χ4v) is 4.16. The van der Waals surface area contributed by atoms with Gasteiger partial charge in [-0.1, -0.05) is 6.07 Å². The van der Waals surface area contributed by atoms with Crippen molar-refractivity contribution in [2.45, 2.75) is 43.9 Å². The lowest BCUT2D eigenvalue weighted by atomic mass is 9.88. The molecule has 9 heteroatoms. The molecule has 0 saturated carbocycles. The number of halogens is 4. The molecule has 0 unspecified atom stereocenters. The predicted molar refractivity (Wildman–Crippen MR) is 103 cm³/mol. The molecule has 5 nitrogen and oxygen atoms in total. The van der Waals surface area contributed by atoms with E-state index in [1.165, 1.54) is 12.8 Å². The molecular formula is C20H28F4N4O. The first kappa shape index (κ1) is 21.8. The van der Waals surface area contributed by atoms with Crippen LogP contribution in [0.5, 0.6) is 0 Å². The molecule has 29 heavy (non-hydrogen) atoms. The van der Waals surface area contributed by atoms with Gasteiger partial charge in [-0.15, -0.1) is 0 Å². The zero-order chi connectivity index (χ0) is 20.9. The van der Waals surface area contributed by atoms with Gasteiger partial charge in [0, 0.05) is 38.9 Å². The second-order valence-electron chi connectivity index (χ2n) is 7.61. The molecule has 162 valence electrons. The fourth-order valence-electron chi connectivity index (χ4n) is 4.16. The van der Waals surface area contributed by atoms with Gasteiger partial charge < -0.3 is 15.4 Å². The fraction of sp³-hybridized carbons (Fsp3) is 0.650. The summed E-state index contributed by atoms with van der Waals surface area (Å²) in [5.74, 6) is -0.483. The molecule has 1 aromatic carbocycles. The molecule has 0 spiro atoms. The van der Waals surface area contributed by atoms with Crippen LogP contribution in [0.4, 0.5) is 17.6 Å². The third-order valence-electron chi connectivity index (χ3n) is 5.83. The second kappa shape index (κ2) is 9.30. The lowest BCUT2D eigenvalue weighted by Gasteiger charge is -2.45. The molecule has 1 aromatic rings. The summed E-state index contributed by atoms with van der Waals surface area (Å²) in [6.45, 7) is 4.06. The highest BCUT2D eigenvalue weighted by atomic mass is 19.4. The Morgan fingerprint density at radius 2 is 1.86 bits per heavy atom. The van der Waals surface area contributed by atoms with Crippen molar-refractivity contribution in [2.75, 3.05) is 39.9 Å². The Morgan fingerprint density at radius 1 is 1.17 bits per heavy atom. The highest BCUT2D eigenvalue weighted by Crippen LogP contribution is 2.33. The van der Waals surface area contributed by atoms with Gasteiger partial charge in [-0.25, -0.2) is 4.39 Å². The van der Waals surface area contributed by atoms with E-state index >= 15 is 0 Å².